The van der Waals surface area contributed by atoms with Gasteiger partial charge in [-0.1, -0.05) is 61.6 Å². The third kappa shape index (κ3) is 4.00. The molecule has 8 nitrogen and oxygen atoms in total. The van der Waals surface area contributed by atoms with Gasteiger partial charge in [-0.3, -0.25) is 14.4 Å². The van der Waals surface area contributed by atoms with Crippen molar-refractivity contribution in [3.05, 3.63) is 60.2 Å². The molecule has 5 rings (SSSR count). The van der Waals surface area contributed by atoms with E-state index in [0.29, 0.717) is 25.8 Å². The standard InChI is InChI=1S/C30H38N2O6/c1-5-29-14-9-10-17-37-27(36)23(29)22-25(34)32(21(19-33)18-20-12-7-6-8-13-20)24-26(35)31(28(2,3)4)16-11-15-30(22,24)38-29/h6-9,11-15,21-24,33H,5,10,16-19H2,1-4H3/t21-,22+,23+,24?,29-,30+/m1/s1. The first-order chi connectivity index (χ1) is 18.1. The van der Waals surface area contributed by atoms with Crippen LogP contribution in [0, 0.1) is 11.8 Å². The fraction of sp³-hybridized carbons (Fsp3) is 0.567. The van der Waals surface area contributed by atoms with Crippen LogP contribution < -0.4 is 0 Å². The van der Waals surface area contributed by atoms with Crippen LogP contribution in [0.1, 0.15) is 46.1 Å². The molecule has 1 aromatic carbocycles. The van der Waals surface area contributed by atoms with E-state index in [2.05, 4.69) is 0 Å². The van der Waals surface area contributed by atoms with Crippen LogP contribution in [0.2, 0.25) is 0 Å². The largest absolute Gasteiger partial charge is 0.465 e. The molecule has 0 bridgehead atoms. The Hall–Kier alpha value is -2.97. The molecule has 204 valence electrons. The molecule has 0 aliphatic carbocycles. The van der Waals surface area contributed by atoms with Crippen LogP contribution >= 0.6 is 0 Å². The second-order valence-corrected chi connectivity index (χ2v) is 11.8. The van der Waals surface area contributed by atoms with Crippen LogP contribution in [-0.2, 0) is 30.3 Å². The Balaban J connectivity index is 1.68. The van der Waals surface area contributed by atoms with E-state index >= 15 is 0 Å². The van der Waals surface area contributed by atoms with E-state index in [9.17, 15) is 19.5 Å². The van der Waals surface area contributed by atoms with Crippen LogP contribution in [0.25, 0.3) is 0 Å². The molecule has 4 aliphatic heterocycles. The van der Waals surface area contributed by atoms with Crippen LogP contribution in [-0.4, -0.2) is 81.3 Å². The molecule has 2 amide bonds. The molecule has 1 unspecified atom stereocenters. The van der Waals surface area contributed by atoms with Crippen molar-refractivity contribution in [2.45, 2.75) is 75.8 Å². The van der Waals surface area contributed by atoms with Gasteiger partial charge >= 0.3 is 5.97 Å². The molecule has 4 heterocycles. The number of cyclic esters (lactones) is 1. The van der Waals surface area contributed by atoms with E-state index in [1.54, 1.807) is 4.90 Å². The molecule has 2 fully saturated rings. The number of amides is 2. The molecular formula is C30H38N2O6. The molecule has 6 atom stereocenters. The number of esters is 1. The molecule has 4 aliphatic rings. The summed E-state index contributed by atoms with van der Waals surface area (Å²) in [7, 11) is 0. The minimum atomic E-state index is -1.37. The molecule has 38 heavy (non-hydrogen) atoms. The van der Waals surface area contributed by atoms with Crippen molar-refractivity contribution >= 4 is 17.8 Å². The van der Waals surface area contributed by atoms with E-state index in [0.717, 1.165) is 5.56 Å². The molecule has 2 saturated heterocycles. The van der Waals surface area contributed by atoms with Gasteiger partial charge in [-0.05, 0) is 45.6 Å². The molecule has 0 saturated carbocycles. The van der Waals surface area contributed by atoms with Crippen molar-refractivity contribution < 1.29 is 29.0 Å². The van der Waals surface area contributed by atoms with E-state index in [1.165, 1.54) is 4.90 Å². The maximum absolute atomic E-state index is 14.5. The van der Waals surface area contributed by atoms with E-state index in [1.807, 2.05) is 82.3 Å². The SMILES string of the molecule is CC[C@@]12C=CCCOC(=O)[C@@H]1[C@H]1C(=O)N([C@@H](CO)Cc3ccccc3)C3C(=O)N(C(C)(C)C)CC=C[C@@]31O2. The van der Waals surface area contributed by atoms with Crippen molar-refractivity contribution in [3.8, 4) is 0 Å². The lowest BCUT2D eigenvalue weighted by molar-refractivity contribution is -0.164. The third-order valence-electron chi connectivity index (χ3n) is 8.57. The van der Waals surface area contributed by atoms with Crippen molar-refractivity contribution in [1.82, 2.24) is 9.80 Å². The Labute approximate surface area is 224 Å². The van der Waals surface area contributed by atoms with Crippen LogP contribution in [0.15, 0.2) is 54.6 Å². The number of hydrogen-bond acceptors (Lipinski definition) is 6. The summed E-state index contributed by atoms with van der Waals surface area (Å²) >= 11 is 0. The van der Waals surface area contributed by atoms with Gasteiger partial charge in [0.2, 0.25) is 11.8 Å². The zero-order chi connectivity index (χ0) is 27.3. The number of benzene rings is 1. The number of ether oxygens (including phenoxy) is 2. The van der Waals surface area contributed by atoms with Crippen molar-refractivity contribution in [2.24, 2.45) is 11.8 Å². The second-order valence-electron chi connectivity index (χ2n) is 11.8. The van der Waals surface area contributed by atoms with Crippen molar-refractivity contribution in [2.75, 3.05) is 19.8 Å². The van der Waals surface area contributed by atoms with E-state index in [-0.39, 0.29) is 25.0 Å². The van der Waals surface area contributed by atoms with Crippen LogP contribution in [0.5, 0.6) is 0 Å². The second kappa shape index (κ2) is 9.65. The predicted molar refractivity (Wildman–Crippen MR) is 141 cm³/mol. The molecule has 1 spiro atoms. The average molecular weight is 523 g/mol. The van der Waals surface area contributed by atoms with Crippen LogP contribution in [0.4, 0.5) is 0 Å². The van der Waals surface area contributed by atoms with Gasteiger partial charge in [0.05, 0.1) is 25.2 Å². The van der Waals surface area contributed by atoms with E-state index < -0.39 is 46.6 Å². The normalized spacial score (nSPS) is 33.7. The fourth-order valence-electron chi connectivity index (χ4n) is 6.80. The summed E-state index contributed by atoms with van der Waals surface area (Å²) < 4.78 is 12.5. The first-order valence-corrected chi connectivity index (χ1v) is 13.6. The minimum Gasteiger partial charge on any atom is -0.465 e. The number of carbonyl (C=O) groups is 3. The van der Waals surface area contributed by atoms with Crippen molar-refractivity contribution in [1.29, 1.82) is 0 Å². The Kier molecular flexibility index (Phi) is 6.76. The van der Waals surface area contributed by atoms with Gasteiger partial charge in [0, 0.05) is 12.1 Å². The number of fused-ring (bicyclic) bond motifs is 2. The zero-order valence-electron chi connectivity index (χ0n) is 22.6. The molecule has 1 N–H and O–H groups in total. The lowest BCUT2D eigenvalue weighted by atomic mass is 9.73. The van der Waals surface area contributed by atoms with Gasteiger partial charge in [0.1, 0.15) is 23.2 Å². The smallest absolute Gasteiger partial charge is 0.313 e. The number of carbonyl (C=O) groups excluding carboxylic acids is 3. The van der Waals surface area contributed by atoms with Crippen LogP contribution in [0.3, 0.4) is 0 Å². The summed E-state index contributed by atoms with van der Waals surface area (Å²) in [6.45, 7) is 8.05. The van der Waals surface area contributed by atoms with Gasteiger partial charge in [-0.15, -0.1) is 0 Å². The summed E-state index contributed by atoms with van der Waals surface area (Å²) in [4.78, 5) is 45.8. The quantitative estimate of drug-likeness (QED) is 0.472. The van der Waals surface area contributed by atoms with Gasteiger partial charge in [-0.25, -0.2) is 0 Å². The molecular weight excluding hydrogens is 484 g/mol. The van der Waals surface area contributed by atoms with E-state index in [4.69, 9.17) is 9.47 Å². The average Bonchev–Trinajstić information content (AvgIpc) is 3.22. The molecule has 0 aromatic heterocycles. The highest BCUT2D eigenvalue weighted by Crippen LogP contribution is 2.58. The Morgan fingerprint density at radius 1 is 1.05 bits per heavy atom. The lowest BCUT2D eigenvalue weighted by Gasteiger charge is -2.43. The molecule has 8 heteroatoms. The maximum Gasteiger partial charge on any atom is 0.313 e. The number of hydrogen-bond donors (Lipinski definition) is 1. The minimum absolute atomic E-state index is 0.229. The zero-order valence-corrected chi connectivity index (χ0v) is 22.6. The lowest BCUT2D eigenvalue weighted by Crippen LogP contribution is -2.61. The highest BCUT2D eigenvalue weighted by molar-refractivity contribution is 5.99. The molecule has 0 radical (unpaired) electrons. The topological polar surface area (TPSA) is 96.4 Å². The number of likely N-dealkylation sites (tertiary alicyclic amines) is 1. The summed E-state index contributed by atoms with van der Waals surface area (Å²) in [6, 6.07) is 7.89. The highest BCUT2D eigenvalue weighted by Gasteiger charge is 2.76. The first-order valence-electron chi connectivity index (χ1n) is 13.6. The Morgan fingerprint density at radius 3 is 2.45 bits per heavy atom. The Bertz CT molecular complexity index is 1160. The highest BCUT2D eigenvalue weighted by atomic mass is 16.6. The fourth-order valence-corrected chi connectivity index (χ4v) is 6.80. The van der Waals surface area contributed by atoms with Crippen molar-refractivity contribution in [3.63, 3.8) is 0 Å². The molecule has 1 aromatic rings. The first kappa shape index (κ1) is 26.6. The maximum atomic E-state index is 14.5. The summed E-state index contributed by atoms with van der Waals surface area (Å²) in [6.07, 6.45) is 8.93. The number of rotatable bonds is 5. The van der Waals surface area contributed by atoms with Gasteiger partial charge in [0.15, 0.2) is 0 Å². The number of aliphatic hydroxyl groups is 1. The number of nitrogens with zero attached hydrogens (tertiary/aromatic N) is 2. The van der Waals surface area contributed by atoms with Gasteiger partial charge < -0.3 is 24.4 Å². The summed E-state index contributed by atoms with van der Waals surface area (Å²) in [5.74, 6) is -2.94. The number of aliphatic hydroxyl groups excluding tert-OH is 1. The summed E-state index contributed by atoms with van der Waals surface area (Å²) in [5.41, 5.74) is -2.02. The van der Waals surface area contributed by atoms with Gasteiger partial charge in [-0.2, -0.15) is 0 Å². The van der Waals surface area contributed by atoms with Gasteiger partial charge in [0.25, 0.3) is 0 Å². The monoisotopic (exact) mass is 522 g/mol. The summed E-state index contributed by atoms with van der Waals surface area (Å²) in [5, 5.41) is 10.6. The predicted octanol–water partition coefficient (Wildman–Crippen LogP) is 2.65. The third-order valence-corrected chi connectivity index (χ3v) is 8.57. The Morgan fingerprint density at radius 2 is 1.79 bits per heavy atom.